The van der Waals surface area contributed by atoms with Gasteiger partial charge in [-0.1, -0.05) is 6.42 Å². The molecule has 0 aromatic rings. The molecule has 0 fully saturated rings. The molecule has 0 atom stereocenters. The summed E-state index contributed by atoms with van der Waals surface area (Å²) in [6.07, 6.45) is 1.64. The molecule has 0 spiro atoms. The van der Waals surface area contributed by atoms with E-state index in [4.69, 9.17) is 15.3 Å². The fourth-order valence-electron chi connectivity index (χ4n) is 0.615. The highest BCUT2D eigenvalue weighted by Gasteiger charge is 1.94. The van der Waals surface area contributed by atoms with Crippen LogP contribution >= 0.6 is 0 Å². The molecule has 3 N–H and O–H groups in total. The van der Waals surface area contributed by atoms with Gasteiger partial charge in [-0.15, -0.1) is 0 Å². The molecule has 9 heavy (non-hydrogen) atoms. The highest BCUT2D eigenvalue weighted by Crippen LogP contribution is 2.00. The first-order valence-corrected chi connectivity index (χ1v) is 3.24. The third-order valence-corrected chi connectivity index (χ3v) is 1.12. The standard InChI is InChI=1S/C6H14O3/c7-5-3-1-2-4-6(8)9/h6-9H,1-5H2. The molecule has 0 heterocycles. The summed E-state index contributed by atoms with van der Waals surface area (Å²) in [7, 11) is 0. The van der Waals surface area contributed by atoms with E-state index in [1.807, 2.05) is 0 Å². The fourth-order valence-corrected chi connectivity index (χ4v) is 0.615. The highest BCUT2D eigenvalue weighted by molar-refractivity contribution is 4.42. The van der Waals surface area contributed by atoms with Gasteiger partial charge in [0.15, 0.2) is 6.29 Å². The van der Waals surface area contributed by atoms with Crippen LogP contribution in [0.3, 0.4) is 0 Å². The van der Waals surface area contributed by atoms with Gasteiger partial charge in [-0.2, -0.15) is 0 Å². The molecule has 0 aromatic carbocycles. The van der Waals surface area contributed by atoms with E-state index in [0.29, 0.717) is 6.42 Å². The predicted molar refractivity (Wildman–Crippen MR) is 33.8 cm³/mol. The Hall–Kier alpha value is -0.120. The maximum atomic E-state index is 8.34. The van der Waals surface area contributed by atoms with Gasteiger partial charge in [-0.05, 0) is 19.3 Å². The van der Waals surface area contributed by atoms with E-state index in [2.05, 4.69) is 0 Å². The van der Waals surface area contributed by atoms with E-state index in [9.17, 15) is 0 Å². The summed E-state index contributed by atoms with van der Waals surface area (Å²) in [6.45, 7) is 0.196. The molecule has 0 bridgehead atoms. The van der Waals surface area contributed by atoms with E-state index in [1.54, 1.807) is 0 Å². The SMILES string of the molecule is OCCCCCC(O)O. The first kappa shape index (κ1) is 8.88. The largest absolute Gasteiger partial charge is 0.396 e. The van der Waals surface area contributed by atoms with Crippen LogP contribution in [0.4, 0.5) is 0 Å². The third-order valence-electron chi connectivity index (χ3n) is 1.12. The maximum absolute atomic E-state index is 8.34. The van der Waals surface area contributed by atoms with Crippen LogP contribution in [0.5, 0.6) is 0 Å². The van der Waals surface area contributed by atoms with E-state index in [-0.39, 0.29) is 6.61 Å². The molecule has 0 rings (SSSR count). The average Bonchev–Trinajstić information content (AvgIpc) is 1.80. The van der Waals surface area contributed by atoms with Crippen LogP contribution < -0.4 is 0 Å². The second-order valence-corrected chi connectivity index (χ2v) is 2.05. The zero-order valence-corrected chi connectivity index (χ0v) is 5.45. The minimum Gasteiger partial charge on any atom is -0.396 e. The maximum Gasteiger partial charge on any atom is 0.151 e. The monoisotopic (exact) mass is 134 g/mol. The molecule has 0 amide bonds. The summed E-state index contributed by atoms with van der Waals surface area (Å²) >= 11 is 0. The Morgan fingerprint density at radius 3 is 2.11 bits per heavy atom. The van der Waals surface area contributed by atoms with Gasteiger partial charge in [0, 0.05) is 6.61 Å². The topological polar surface area (TPSA) is 60.7 Å². The van der Waals surface area contributed by atoms with Gasteiger partial charge in [0.2, 0.25) is 0 Å². The fraction of sp³-hybridized carbons (Fsp3) is 1.00. The van der Waals surface area contributed by atoms with Crippen molar-refractivity contribution in [1.29, 1.82) is 0 Å². The third kappa shape index (κ3) is 7.88. The molecule has 0 aliphatic heterocycles. The Morgan fingerprint density at radius 2 is 1.67 bits per heavy atom. The predicted octanol–water partition coefficient (Wildman–Crippen LogP) is -0.150. The molecule has 3 heteroatoms. The van der Waals surface area contributed by atoms with Crippen LogP contribution in [0.1, 0.15) is 25.7 Å². The second-order valence-electron chi connectivity index (χ2n) is 2.05. The van der Waals surface area contributed by atoms with Gasteiger partial charge in [0.05, 0.1) is 0 Å². The molecule has 0 radical (unpaired) electrons. The molecule has 0 saturated carbocycles. The summed E-state index contributed by atoms with van der Waals surface area (Å²) in [5.74, 6) is 0. The zero-order chi connectivity index (χ0) is 7.11. The van der Waals surface area contributed by atoms with Gasteiger partial charge in [0.25, 0.3) is 0 Å². The summed E-state index contributed by atoms with van der Waals surface area (Å²) in [6, 6.07) is 0. The number of aliphatic hydroxyl groups excluding tert-OH is 2. The molecule has 0 aromatic heterocycles. The molecule has 56 valence electrons. The number of rotatable bonds is 5. The normalized spacial score (nSPS) is 10.7. The lowest BCUT2D eigenvalue weighted by Gasteiger charge is -2.00. The minimum atomic E-state index is -1.18. The number of aliphatic hydroxyl groups is 3. The van der Waals surface area contributed by atoms with Gasteiger partial charge in [0.1, 0.15) is 0 Å². The van der Waals surface area contributed by atoms with E-state index >= 15 is 0 Å². The van der Waals surface area contributed by atoms with Crippen molar-refractivity contribution in [2.45, 2.75) is 32.0 Å². The first-order chi connectivity index (χ1) is 4.27. The van der Waals surface area contributed by atoms with E-state index < -0.39 is 6.29 Å². The lowest BCUT2D eigenvalue weighted by atomic mass is 10.2. The second kappa shape index (κ2) is 6.01. The summed E-state index contributed by atoms with van der Waals surface area (Å²) in [5.41, 5.74) is 0. The summed E-state index contributed by atoms with van der Waals surface area (Å²) < 4.78 is 0. The Balaban J connectivity index is 2.75. The van der Waals surface area contributed by atoms with Crippen molar-refractivity contribution in [2.75, 3.05) is 6.61 Å². The van der Waals surface area contributed by atoms with Crippen molar-refractivity contribution in [3.8, 4) is 0 Å². The Kier molecular flexibility index (Phi) is 5.93. The first-order valence-electron chi connectivity index (χ1n) is 3.24. The number of unbranched alkanes of at least 4 members (excludes halogenated alkanes) is 2. The highest BCUT2D eigenvalue weighted by atomic mass is 16.5. The Morgan fingerprint density at radius 1 is 1.00 bits per heavy atom. The van der Waals surface area contributed by atoms with Crippen molar-refractivity contribution in [2.24, 2.45) is 0 Å². The molecule has 0 aliphatic carbocycles. The molecular weight excluding hydrogens is 120 g/mol. The van der Waals surface area contributed by atoms with Crippen molar-refractivity contribution >= 4 is 0 Å². The summed E-state index contributed by atoms with van der Waals surface area (Å²) in [5, 5.41) is 25.0. The molecule has 0 saturated heterocycles. The van der Waals surface area contributed by atoms with Gasteiger partial charge in [-0.25, -0.2) is 0 Å². The molecular formula is C6H14O3. The van der Waals surface area contributed by atoms with Crippen LogP contribution in [-0.4, -0.2) is 28.2 Å². The number of hydrogen-bond donors (Lipinski definition) is 3. The van der Waals surface area contributed by atoms with Crippen molar-refractivity contribution < 1.29 is 15.3 Å². The smallest absolute Gasteiger partial charge is 0.151 e. The lowest BCUT2D eigenvalue weighted by Crippen LogP contribution is -2.03. The van der Waals surface area contributed by atoms with Crippen LogP contribution in [0.2, 0.25) is 0 Å². The van der Waals surface area contributed by atoms with Crippen molar-refractivity contribution in [1.82, 2.24) is 0 Å². The lowest BCUT2D eigenvalue weighted by molar-refractivity contribution is -0.0467. The van der Waals surface area contributed by atoms with Crippen molar-refractivity contribution in [3.63, 3.8) is 0 Å². The van der Waals surface area contributed by atoms with Crippen LogP contribution in [-0.2, 0) is 0 Å². The zero-order valence-electron chi connectivity index (χ0n) is 5.45. The van der Waals surface area contributed by atoms with Crippen LogP contribution in [0.25, 0.3) is 0 Å². The molecule has 3 nitrogen and oxygen atoms in total. The van der Waals surface area contributed by atoms with E-state index in [1.165, 1.54) is 0 Å². The van der Waals surface area contributed by atoms with Gasteiger partial charge < -0.3 is 15.3 Å². The quantitative estimate of drug-likeness (QED) is 0.362. The van der Waals surface area contributed by atoms with Crippen molar-refractivity contribution in [3.05, 3.63) is 0 Å². The van der Waals surface area contributed by atoms with Gasteiger partial charge in [-0.3, -0.25) is 0 Å². The molecule has 0 unspecified atom stereocenters. The van der Waals surface area contributed by atoms with Gasteiger partial charge >= 0.3 is 0 Å². The Labute approximate surface area is 54.9 Å². The van der Waals surface area contributed by atoms with Crippen LogP contribution in [0.15, 0.2) is 0 Å². The Bertz CT molecular complexity index is 54.3. The average molecular weight is 134 g/mol. The minimum absolute atomic E-state index is 0.196. The molecule has 0 aliphatic rings. The van der Waals surface area contributed by atoms with Crippen LogP contribution in [0, 0.1) is 0 Å². The van der Waals surface area contributed by atoms with E-state index in [0.717, 1.165) is 19.3 Å². The summed E-state index contributed by atoms with van der Waals surface area (Å²) in [4.78, 5) is 0. The number of hydrogen-bond acceptors (Lipinski definition) is 3.